The zero-order valence-electron chi connectivity index (χ0n) is 10.1. The molecule has 0 bridgehead atoms. The van der Waals surface area contributed by atoms with Crippen molar-refractivity contribution in [3.05, 3.63) is 15.9 Å². The molecule has 0 aliphatic carbocycles. The van der Waals surface area contributed by atoms with Gasteiger partial charge in [-0.2, -0.15) is 5.10 Å². The van der Waals surface area contributed by atoms with Crippen molar-refractivity contribution in [1.29, 1.82) is 0 Å². The molecular formula is C11H15BrN2O3. The zero-order valence-corrected chi connectivity index (χ0v) is 11.7. The van der Waals surface area contributed by atoms with Crippen molar-refractivity contribution in [3.63, 3.8) is 0 Å². The molecule has 0 unspecified atom stereocenters. The summed E-state index contributed by atoms with van der Waals surface area (Å²) >= 11 is 3.34. The number of ketones is 1. The van der Waals surface area contributed by atoms with Gasteiger partial charge in [0, 0.05) is 7.05 Å². The number of esters is 1. The number of hydrogen-bond donors (Lipinski definition) is 0. The van der Waals surface area contributed by atoms with E-state index in [9.17, 15) is 9.59 Å². The average molecular weight is 303 g/mol. The largest absolute Gasteiger partial charge is 0.466 e. The van der Waals surface area contributed by atoms with E-state index in [2.05, 4.69) is 21.0 Å². The Morgan fingerprint density at radius 1 is 1.41 bits per heavy atom. The van der Waals surface area contributed by atoms with Crippen LogP contribution in [0.3, 0.4) is 0 Å². The summed E-state index contributed by atoms with van der Waals surface area (Å²) in [6, 6.07) is 0. The molecule has 1 rings (SSSR count). The Labute approximate surface area is 108 Å². The number of halogens is 1. The number of hydrogen-bond acceptors (Lipinski definition) is 4. The molecule has 17 heavy (non-hydrogen) atoms. The summed E-state index contributed by atoms with van der Waals surface area (Å²) in [7, 11) is 1.77. The lowest BCUT2D eigenvalue weighted by molar-refractivity contribution is -0.141. The van der Waals surface area contributed by atoms with Gasteiger partial charge in [-0.05, 0) is 29.3 Å². The summed E-state index contributed by atoms with van der Waals surface area (Å²) < 4.78 is 7.03. The smallest absolute Gasteiger partial charge is 0.313 e. The maximum atomic E-state index is 11.8. The van der Waals surface area contributed by atoms with E-state index in [1.54, 1.807) is 18.7 Å². The number of aryl methyl sites for hydroxylation is 1. The molecule has 0 fully saturated rings. The molecule has 0 aliphatic rings. The Bertz CT molecular complexity index is 440. The first-order valence-electron chi connectivity index (χ1n) is 5.41. The number of aromatic nitrogens is 2. The first-order chi connectivity index (χ1) is 8.01. The maximum absolute atomic E-state index is 11.8. The Hall–Kier alpha value is -1.17. The lowest BCUT2D eigenvalue weighted by atomic mass is 10.2. The van der Waals surface area contributed by atoms with Crippen molar-refractivity contribution in [2.24, 2.45) is 7.05 Å². The molecule has 0 spiro atoms. The maximum Gasteiger partial charge on any atom is 0.313 e. The molecule has 0 saturated carbocycles. The van der Waals surface area contributed by atoms with Gasteiger partial charge in [0.1, 0.15) is 12.1 Å². The van der Waals surface area contributed by atoms with E-state index in [0.29, 0.717) is 4.47 Å². The third kappa shape index (κ3) is 3.15. The fourth-order valence-corrected chi connectivity index (χ4v) is 2.36. The molecular weight excluding hydrogens is 288 g/mol. The highest BCUT2D eigenvalue weighted by Crippen LogP contribution is 2.22. The summed E-state index contributed by atoms with van der Waals surface area (Å²) in [5.41, 5.74) is 1.22. The first-order valence-corrected chi connectivity index (χ1v) is 6.20. The van der Waals surface area contributed by atoms with Crippen LogP contribution in [0.2, 0.25) is 0 Å². The van der Waals surface area contributed by atoms with Gasteiger partial charge in [0.25, 0.3) is 0 Å². The molecule has 0 aromatic carbocycles. The second kappa shape index (κ2) is 5.95. The van der Waals surface area contributed by atoms with E-state index >= 15 is 0 Å². The first kappa shape index (κ1) is 13.9. The summed E-state index contributed by atoms with van der Waals surface area (Å²) in [4.78, 5) is 23.0. The van der Waals surface area contributed by atoms with E-state index in [0.717, 1.165) is 12.1 Å². The van der Waals surface area contributed by atoms with Crippen molar-refractivity contribution in [2.75, 3.05) is 6.61 Å². The topological polar surface area (TPSA) is 61.2 Å². The molecule has 0 amide bonds. The second-order valence-electron chi connectivity index (χ2n) is 3.49. The van der Waals surface area contributed by atoms with Crippen LogP contribution in [0.1, 0.15) is 36.5 Å². The zero-order chi connectivity index (χ0) is 13.0. The van der Waals surface area contributed by atoms with Gasteiger partial charge in [-0.1, -0.05) is 6.92 Å². The molecule has 1 heterocycles. The number of ether oxygens (including phenoxy) is 1. The monoisotopic (exact) mass is 302 g/mol. The Morgan fingerprint density at radius 2 is 2.06 bits per heavy atom. The van der Waals surface area contributed by atoms with Crippen LogP contribution in [0.15, 0.2) is 4.47 Å². The van der Waals surface area contributed by atoms with E-state index in [4.69, 9.17) is 4.74 Å². The fraction of sp³-hybridized carbons (Fsp3) is 0.545. The van der Waals surface area contributed by atoms with Gasteiger partial charge in [-0.3, -0.25) is 14.3 Å². The molecule has 0 aliphatic heterocycles. The fourth-order valence-electron chi connectivity index (χ4n) is 1.52. The average Bonchev–Trinajstić information content (AvgIpc) is 2.54. The number of rotatable bonds is 5. The highest BCUT2D eigenvalue weighted by atomic mass is 79.9. The molecule has 0 radical (unpaired) electrons. The van der Waals surface area contributed by atoms with Crippen LogP contribution in [0.5, 0.6) is 0 Å². The van der Waals surface area contributed by atoms with E-state index in [1.807, 2.05) is 6.92 Å². The van der Waals surface area contributed by atoms with E-state index < -0.39 is 5.97 Å². The third-order valence-electron chi connectivity index (χ3n) is 2.31. The van der Waals surface area contributed by atoms with Gasteiger partial charge in [-0.25, -0.2) is 0 Å². The predicted molar refractivity (Wildman–Crippen MR) is 65.9 cm³/mol. The minimum Gasteiger partial charge on any atom is -0.466 e. The number of nitrogens with zero attached hydrogens (tertiary/aromatic N) is 2. The van der Waals surface area contributed by atoms with Crippen LogP contribution in [0.4, 0.5) is 0 Å². The summed E-state index contributed by atoms with van der Waals surface area (Å²) in [6.07, 6.45) is 0.489. The molecule has 6 heteroatoms. The van der Waals surface area contributed by atoms with Crippen molar-refractivity contribution in [1.82, 2.24) is 9.78 Å². The van der Waals surface area contributed by atoms with E-state index in [-0.39, 0.29) is 24.5 Å². The lowest BCUT2D eigenvalue weighted by Crippen LogP contribution is -2.12. The lowest BCUT2D eigenvalue weighted by Gasteiger charge is -1.99. The Kier molecular flexibility index (Phi) is 4.86. The van der Waals surface area contributed by atoms with Crippen LogP contribution in [-0.2, 0) is 23.0 Å². The van der Waals surface area contributed by atoms with Crippen LogP contribution in [-0.4, -0.2) is 28.1 Å². The van der Waals surface area contributed by atoms with Gasteiger partial charge >= 0.3 is 5.97 Å². The number of carbonyl (C=O) groups excluding carboxylic acids is 2. The normalized spacial score (nSPS) is 10.4. The van der Waals surface area contributed by atoms with Gasteiger partial charge in [0.2, 0.25) is 0 Å². The van der Waals surface area contributed by atoms with Crippen LogP contribution < -0.4 is 0 Å². The van der Waals surface area contributed by atoms with Gasteiger partial charge < -0.3 is 4.74 Å². The summed E-state index contributed by atoms with van der Waals surface area (Å²) in [5.74, 6) is -0.848. The minimum atomic E-state index is -0.520. The van der Waals surface area contributed by atoms with Gasteiger partial charge in [-0.15, -0.1) is 0 Å². The summed E-state index contributed by atoms with van der Waals surface area (Å²) in [6.45, 7) is 3.95. The van der Waals surface area contributed by atoms with Crippen LogP contribution >= 0.6 is 15.9 Å². The number of carbonyl (C=O) groups is 2. The Balaban J connectivity index is 2.86. The highest BCUT2D eigenvalue weighted by molar-refractivity contribution is 9.10. The van der Waals surface area contributed by atoms with Crippen molar-refractivity contribution < 1.29 is 14.3 Å². The molecule has 1 aromatic rings. The van der Waals surface area contributed by atoms with Crippen molar-refractivity contribution in [3.8, 4) is 0 Å². The quantitative estimate of drug-likeness (QED) is 0.473. The standard InChI is InChI=1S/C11H15BrN2O3/c1-4-7-10(12)11(13-14(7)3)8(15)6-9(16)17-5-2/h4-6H2,1-3H3. The SMILES string of the molecule is CCOC(=O)CC(=O)c1nn(C)c(CC)c1Br. The van der Waals surface area contributed by atoms with Crippen molar-refractivity contribution >= 4 is 27.7 Å². The summed E-state index contributed by atoms with van der Waals surface area (Å²) in [5, 5.41) is 4.11. The highest BCUT2D eigenvalue weighted by Gasteiger charge is 2.21. The Morgan fingerprint density at radius 3 is 2.53 bits per heavy atom. The molecule has 5 nitrogen and oxygen atoms in total. The van der Waals surface area contributed by atoms with Gasteiger partial charge in [0.05, 0.1) is 16.8 Å². The predicted octanol–water partition coefficient (Wildman–Crippen LogP) is 1.88. The molecule has 1 aromatic heterocycles. The van der Waals surface area contributed by atoms with Crippen LogP contribution in [0, 0.1) is 0 Å². The molecule has 0 N–H and O–H groups in total. The molecule has 94 valence electrons. The molecule has 0 atom stereocenters. The number of Topliss-reactive ketones (excluding diaryl/α,β-unsaturated/α-hetero) is 1. The minimum absolute atomic E-state index is 0.271. The third-order valence-corrected chi connectivity index (χ3v) is 3.14. The van der Waals surface area contributed by atoms with Crippen molar-refractivity contribution in [2.45, 2.75) is 26.7 Å². The van der Waals surface area contributed by atoms with Crippen LogP contribution in [0.25, 0.3) is 0 Å². The van der Waals surface area contributed by atoms with Gasteiger partial charge in [0.15, 0.2) is 5.78 Å². The molecule has 0 saturated heterocycles. The second-order valence-corrected chi connectivity index (χ2v) is 4.28. The van der Waals surface area contributed by atoms with E-state index in [1.165, 1.54) is 0 Å².